The predicted octanol–water partition coefficient (Wildman–Crippen LogP) is 11.1. The van der Waals surface area contributed by atoms with Crippen molar-refractivity contribution in [2.45, 2.75) is 26.3 Å². The van der Waals surface area contributed by atoms with Crippen LogP contribution in [0.1, 0.15) is 29.2 Å². The lowest BCUT2D eigenvalue weighted by atomic mass is 9.75. The monoisotopic (exact) mass is 618 g/mol. The summed E-state index contributed by atoms with van der Waals surface area (Å²) < 4.78 is 0. The van der Waals surface area contributed by atoms with Crippen LogP contribution in [0.4, 0.5) is 28.7 Å². The zero-order valence-corrected chi connectivity index (χ0v) is 27.0. The van der Waals surface area contributed by atoms with Crippen LogP contribution in [0.25, 0.3) is 32.7 Å². The number of anilines is 5. The number of hydrogen-bond acceptors (Lipinski definition) is 4. The third-order valence-corrected chi connectivity index (χ3v) is 9.91. The van der Waals surface area contributed by atoms with Gasteiger partial charge in [0, 0.05) is 28.9 Å². The summed E-state index contributed by atoms with van der Waals surface area (Å²) in [4.78, 5) is 14.5. The molecule has 5 aromatic carbocycles. The molecule has 0 saturated heterocycles. The Morgan fingerprint density at radius 2 is 1.38 bits per heavy atom. The van der Waals surface area contributed by atoms with Crippen LogP contribution < -0.4 is 9.80 Å². The van der Waals surface area contributed by atoms with Crippen molar-refractivity contribution < 1.29 is 0 Å². The van der Waals surface area contributed by atoms with Crippen molar-refractivity contribution in [1.29, 1.82) is 0 Å². The van der Waals surface area contributed by atoms with Gasteiger partial charge in [0.05, 0.1) is 17.4 Å². The lowest BCUT2D eigenvalue weighted by molar-refractivity contribution is 0.925. The highest BCUT2D eigenvalue weighted by Crippen LogP contribution is 2.50. The first-order valence-corrected chi connectivity index (χ1v) is 16.6. The van der Waals surface area contributed by atoms with Gasteiger partial charge in [-0.2, -0.15) is 0 Å². The van der Waals surface area contributed by atoms with Crippen LogP contribution in [0.5, 0.6) is 0 Å². The molecule has 4 nitrogen and oxygen atoms in total. The molecule has 0 aliphatic heterocycles. The molecule has 2 aliphatic carbocycles. The van der Waals surface area contributed by atoms with Crippen LogP contribution >= 0.6 is 0 Å². The van der Waals surface area contributed by atoms with Crippen molar-refractivity contribution in [3.63, 3.8) is 0 Å². The number of aromatic nitrogens is 2. The maximum absolute atomic E-state index is 4.94. The number of hydrogen-bond donors (Lipinski definition) is 0. The average Bonchev–Trinajstić information content (AvgIpc) is 3.14. The first-order chi connectivity index (χ1) is 23.7. The Balaban J connectivity index is 1.30. The Hall–Kier alpha value is -6.00. The molecule has 48 heavy (non-hydrogen) atoms. The van der Waals surface area contributed by atoms with E-state index < -0.39 is 0 Å². The van der Waals surface area contributed by atoms with E-state index in [1.807, 2.05) is 24.5 Å². The van der Waals surface area contributed by atoms with Crippen LogP contribution in [-0.2, 0) is 6.42 Å². The van der Waals surface area contributed by atoms with Gasteiger partial charge in [-0.3, -0.25) is 4.90 Å². The number of fused-ring (bicyclic) bond motifs is 1. The lowest BCUT2D eigenvalue weighted by Crippen LogP contribution is -2.34. The summed E-state index contributed by atoms with van der Waals surface area (Å²) >= 11 is 0. The number of nitrogens with zero attached hydrogens (tertiary/aromatic N) is 4. The van der Waals surface area contributed by atoms with Crippen LogP contribution in [0.15, 0.2) is 152 Å². The van der Waals surface area contributed by atoms with Gasteiger partial charge in [0.1, 0.15) is 11.6 Å². The quantitative estimate of drug-likeness (QED) is 0.186. The summed E-state index contributed by atoms with van der Waals surface area (Å²) in [5.41, 5.74) is 11.3. The molecule has 1 unspecified atom stereocenters. The van der Waals surface area contributed by atoms with Crippen molar-refractivity contribution >= 4 is 61.4 Å². The zero-order chi connectivity index (χ0) is 32.2. The Bertz CT molecular complexity index is 2350. The summed E-state index contributed by atoms with van der Waals surface area (Å²) in [6, 6.07) is 45.1. The summed E-state index contributed by atoms with van der Waals surface area (Å²) in [5, 5.41) is 5.00. The van der Waals surface area contributed by atoms with E-state index in [-0.39, 0.29) is 6.04 Å². The van der Waals surface area contributed by atoms with Crippen LogP contribution in [0.2, 0.25) is 0 Å². The number of aryl methyl sites for hydroxylation is 1. The molecular formula is C44H34N4. The normalized spacial score (nSPS) is 14.8. The molecule has 0 fully saturated rings. The van der Waals surface area contributed by atoms with Gasteiger partial charge in [-0.1, -0.05) is 91.0 Å². The second-order valence-electron chi connectivity index (χ2n) is 12.7. The third-order valence-electron chi connectivity index (χ3n) is 9.91. The highest BCUT2D eigenvalue weighted by atomic mass is 15.2. The minimum absolute atomic E-state index is 0.0399. The molecule has 0 amide bonds. The number of rotatable bonds is 6. The largest absolute Gasteiger partial charge is 0.315 e. The van der Waals surface area contributed by atoms with E-state index in [2.05, 4.69) is 151 Å². The fraction of sp³-hybridized carbons (Fsp3) is 0.0909. The maximum Gasteiger partial charge on any atom is 0.137 e. The summed E-state index contributed by atoms with van der Waals surface area (Å²) in [7, 11) is 0. The number of allylic oxidation sites excluding steroid dienone is 2. The first kappa shape index (κ1) is 28.2. The lowest BCUT2D eigenvalue weighted by Gasteiger charge is -2.39. The minimum Gasteiger partial charge on any atom is -0.315 e. The topological polar surface area (TPSA) is 32.3 Å². The summed E-state index contributed by atoms with van der Waals surface area (Å²) in [5.74, 6) is 1.83. The van der Waals surface area contributed by atoms with Crippen LogP contribution in [0.3, 0.4) is 0 Å². The Morgan fingerprint density at radius 1 is 0.646 bits per heavy atom. The molecule has 0 radical (unpaired) electrons. The highest BCUT2D eigenvalue weighted by molar-refractivity contribution is 6.12. The average molecular weight is 619 g/mol. The molecule has 2 heterocycles. The molecule has 9 rings (SSSR count). The fourth-order valence-corrected chi connectivity index (χ4v) is 7.77. The molecule has 7 aromatic rings. The van der Waals surface area contributed by atoms with Crippen LogP contribution in [-0.4, -0.2) is 16.0 Å². The predicted molar refractivity (Wildman–Crippen MR) is 201 cm³/mol. The van der Waals surface area contributed by atoms with Gasteiger partial charge in [0.15, 0.2) is 0 Å². The molecule has 1 atom stereocenters. The van der Waals surface area contributed by atoms with Crippen molar-refractivity contribution in [3.8, 4) is 0 Å². The molecule has 2 aromatic heterocycles. The van der Waals surface area contributed by atoms with Crippen molar-refractivity contribution in [2.75, 3.05) is 9.80 Å². The highest BCUT2D eigenvalue weighted by Gasteiger charge is 2.34. The molecule has 0 bridgehead atoms. The smallest absolute Gasteiger partial charge is 0.137 e. The number of benzene rings is 5. The number of pyridine rings is 2. The maximum atomic E-state index is 4.94. The minimum atomic E-state index is -0.0399. The zero-order valence-electron chi connectivity index (χ0n) is 27.0. The van der Waals surface area contributed by atoms with Crippen molar-refractivity contribution in [2.24, 2.45) is 0 Å². The van der Waals surface area contributed by atoms with Gasteiger partial charge < -0.3 is 4.90 Å². The Morgan fingerprint density at radius 3 is 2.17 bits per heavy atom. The molecule has 230 valence electrons. The van der Waals surface area contributed by atoms with Gasteiger partial charge in [-0.15, -0.1) is 0 Å². The van der Waals surface area contributed by atoms with Crippen molar-refractivity contribution in [3.05, 3.63) is 174 Å². The fourth-order valence-electron chi connectivity index (χ4n) is 7.77. The standard InChI is InChI=1S/C44H34N4/c1-29-27-39(47(32-15-4-3-5-16-32)41-19-8-10-25-45-41)36-23-21-34-30(2)28-40(37-24-22-33(29)43(36)44(34)37)48(42-20-9-11-26-46-42)38-18-12-14-31-13-6-7-17-35(31)38/h3-21,23-28,40H,22H2,1-2H3. The SMILES string of the molecule is CC1=CC(N(c2ccccn2)c2cccc3ccccc23)C2=CCc3c(C)cc(N(c4ccccc4)c4ccccn4)c4ccc1c2c34. The second kappa shape index (κ2) is 11.4. The van der Waals surface area contributed by atoms with E-state index in [4.69, 9.17) is 9.97 Å². The Labute approximate surface area is 281 Å². The van der Waals surface area contributed by atoms with Gasteiger partial charge in [-0.05, 0) is 113 Å². The molecular weight excluding hydrogens is 585 g/mol. The van der Waals surface area contributed by atoms with Gasteiger partial charge in [0.2, 0.25) is 0 Å². The van der Waals surface area contributed by atoms with E-state index in [9.17, 15) is 0 Å². The third kappa shape index (κ3) is 4.44. The molecule has 0 saturated carbocycles. The number of para-hydroxylation sites is 1. The summed E-state index contributed by atoms with van der Waals surface area (Å²) in [6.45, 7) is 4.52. The first-order valence-electron chi connectivity index (χ1n) is 16.6. The molecule has 0 spiro atoms. The van der Waals surface area contributed by atoms with Gasteiger partial charge >= 0.3 is 0 Å². The molecule has 0 N–H and O–H groups in total. The van der Waals surface area contributed by atoms with E-state index in [1.165, 1.54) is 54.9 Å². The molecule has 2 aliphatic rings. The van der Waals surface area contributed by atoms with Crippen molar-refractivity contribution in [1.82, 2.24) is 9.97 Å². The van der Waals surface area contributed by atoms with E-state index in [0.717, 1.165) is 35.1 Å². The van der Waals surface area contributed by atoms with Gasteiger partial charge in [0.25, 0.3) is 0 Å². The van der Waals surface area contributed by atoms with E-state index in [0.29, 0.717) is 0 Å². The second-order valence-corrected chi connectivity index (χ2v) is 12.7. The summed E-state index contributed by atoms with van der Waals surface area (Å²) in [6.07, 6.45) is 9.55. The molecule has 4 heteroatoms. The van der Waals surface area contributed by atoms with E-state index in [1.54, 1.807) is 0 Å². The van der Waals surface area contributed by atoms with E-state index >= 15 is 0 Å². The van der Waals surface area contributed by atoms with Crippen LogP contribution in [0, 0.1) is 6.92 Å². The Kier molecular flexibility index (Phi) is 6.68. The van der Waals surface area contributed by atoms with Gasteiger partial charge in [-0.25, -0.2) is 9.97 Å².